The minimum absolute atomic E-state index is 0.0253. The van der Waals surface area contributed by atoms with E-state index in [4.69, 9.17) is 16.0 Å². The quantitative estimate of drug-likeness (QED) is 0.415. The van der Waals surface area contributed by atoms with E-state index in [0.29, 0.717) is 18.9 Å². The number of amides is 1. The smallest absolute Gasteiger partial charge is 0.380 e. The van der Waals surface area contributed by atoms with Gasteiger partial charge in [0.05, 0.1) is 0 Å². The molecule has 1 aliphatic heterocycles. The van der Waals surface area contributed by atoms with Crippen LogP contribution in [0.5, 0.6) is 0 Å². The van der Waals surface area contributed by atoms with Crippen LogP contribution in [0.2, 0.25) is 0 Å². The van der Waals surface area contributed by atoms with Crippen molar-refractivity contribution in [1.82, 2.24) is 15.5 Å². The fourth-order valence-electron chi connectivity index (χ4n) is 3.14. The van der Waals surface area contributed by atoms with E-state index < -0.39 is 18.1 Å². The van der Waals surface area contributed by atoms with Crippen LogP contribution in [0.4, 0.5) is 24.9 Å². The van der Waals surface area contributed by atoms with Crippen molar-refractivity contribution in [3.8, 4) is 0 Å². The van der Waals surface area contributed by atoms with E-state index in [1.165, 1.54) is 0 Å². The molecule has 2 heterocycles. The molecule has 1 aromatic heterocycles. The first-order valence-corrected chi connectivity index (χ1v) is 10.2. The molecule has 1 aromatic carbocycles. The molecule has 0 radical (unpaired) electrons. The highest BCUT2D eigenvalue weighted by molar-refractivity contribution is 6.02. The summed E-state index contributed by atoms with van der Waals surface area (Å²) in [6.45, 7) is 4.46. The fourth-order valence-corrected chi connectivity index (χ4v) is 3.14. The molecule has 0 spiro atoms. The lowest BCUT2D eigenvalue weighted by atomic mass is 10.1. The van der Waals surface area contributed by atoms with Gasteiger partial charge < -0.3 is 31.1 Å². The molecule has 0 aliphatic carbocycles. The van der Waals surface area contributed by atoms with Gasteiger partial charge in [-0.1, -0.05) is 29.9 Å². The summed E-state index contributed by atoms with van der Waals surface area (Å²) in [4.78, 5) is 26.7. The van der Waals surface area contributed by atoms with Crippen LogP contribution in [0.3, 0.4) is 0 Å². The van der Waals surface area contributed by atoms with E-state index in [0.717, 1.165) is 5.69 Å². The van der Waals surface area contributed by atoms with Gasteiger partial charge in [0.25, 0.3) is 0 Å². The number of amidine groups is 1. The zero-order valence-electron chi connectivity index (χ0n) is 18.3. The highest BCUT2D eigenvalue weighted by Gasteiger charge is 2.40. The Morgan fingerprint density at radius 2 is 1.88 bits per heavy atom. The van der Waals surface area contributed by atoms with Crippen LogP contribution in [0.1, 0.15) is 18.7 Å². The molecule has 2 aromatic rings. The Hall–Kier alpha value is -4.10. The third-order valence-electron chi connectivity index (χ3n) is 5.01. The van der Waals surface area contributed by atoms with Gasteiger partial charge in [-0.05, 0) is 25.0 Å². The number of piperidine rings is 1. The maximum atomic E-state index is 12.4. The van der Waals surface area contributed by atoms with Gasteiger partial charge in [-0.15, -0.1) is 0 Å². The molecular formula is C20H24F3N9O2. The Labute approximate surface area is 193 Å². The standard InChI is InChI=1S/C20H24F3N9O2/c1-12(31(2)14-6-4-3-5-7-14)26-18(25)28-15(24)16-29-19(34-30-16)32-10-8-13(9-11-32)27-17(33)20(21,22)23/h3-7,13H,1,8-11H2,2H3,(H,27,33)(H4,24,25,26,28). The Morgan fingerprint density at radius 3 is 2.50 bits per heavy atom. The molecule has 34 heavy (non-hydrogen) atoms. The summed E-state index contributed by atoms with van der Waals surface area (Å²) in [7, 11) is 1.77. The number of carbonyl (C=O) groups excluding carboxylic acids is 1. The number of nitrogens with two attached hydrogens (primary N) is 2. The van der Waals surface area contributed by atoms with Gasteiger partial charge in [0.2, 0.25) is 11.8 Å². The molecule has 1 saturated heterocycles. The van der Waals surface area contributed by atoms with Gasteiger partial charge in [0.1, 0.15) is 5.82 Å². The normalized spacial score (nSPS) is 15.8. The van der Waals surface area contributed by atoms with E-state index in [2.05, 4.69) is 26.7 Å². The number of nitrogens with zero attached hydrogens (tertiary/aromatic N) is 6. The van der Waals surface area contributed by atoms with Crippen LogP contribution in [0, 0.1) is 0 Å². The van der Waals surface area contributed by atoms with Gasteiger partial charge in [0.15, 0.2) is 5.84 Å². The predicted octanol–water partition coefficient (Wildman–Crippen LogP) is 1.34. The summed E-state index contributed by atoms with van der Waals surface area (Å²) in [6, 6.07) is 8.91. The van der Waals surface area contributed by atoms with Crippen molar-refractivity contribution < 1.29 is 22.5 Å². The molecule has 0 saturated carbocycles. The molecule has 0 atom stereocenters. The number of halogens is 3. The van der Waals surface area contributed by atoms with Crippen molar-refractivity contribution in [3.05, 3.63) is 48.6 Å². The SMILES string of the molecule is C=C(N=C(N)N=C(N)c1noc(N2CCC(NC(=O)C(F)(F)F)CC2)n1)N(C)c1ccccc1. The number of benzene rings is 1. The molecule has 1 amide bonds. The topological polar surface area (TPSA) is 151 Å². The Balaban J connectivity index is 1.58. The van der Waals surface area contributed by atoms with E-state index in [-0.39, 0.29) is 36.5 Å². The van der Waals surface area contributed by atoms with Crippen molar-refractivity contribution >= 4 is 29.4 Å². The number of alkyl halides is 3. The van der Waals surface area contributed by atoms with Gasteiger partial charge in [0, 0.05) is 31.9 Å². The van der Waals surface area contributed by atoms with Crippen molar-refractivity contribution in [2.75, 3.05) is 29.9 Å². The van der Waals surface area contributed by atoms with Crippen molar-refractivity contribution in [2.24, 2.45) is 21.5 Å². The van der Waals surface area contributed by atoms with E-state index in [1.807, 2.05) is 35.6 Å². The summed E-state index contributed by atoms with van der Waals surface area (Å²) in [5.41, 5.74) is 12.6. The summed E-state index contributed by atoms with van der Waals surface area (Å²) in [6.07, 6.45) is -4.36. The number of para-hydroxylation sites is 1. The largest absolute Gasteiger partial charge is 0.471 e. The van der Waals surface area contributed by atoms with Crippen LogP contribution in [0.25, 0.3) is 0 Å². The van der Waals surface area contributed by atoms with Gasteiger partial charge >= 0.3 is 18.1 Å². The molecule has 11 nitrogen and oxygen atoms in total. The third kappa shape index (κ3) is 6.24. The van der Waals surface area contributed by atoms with Gasteiger partial charge in [-0.25, -0.2) is 0 Å². The van der Waals surface area contributed by atoms with Crippen LogP contribution in [0.15, 0.2) is 57.2 Å². The zero-order chi connectivity index (χ0) is 24.9. The molecule has 0 unspecified atom stereocenters. The monoisotopic (exact) mass is 479 g/mol. The zero-order valence-corrected chi connectivity index (χ0v) is 18.3. The molecule has 1 fully saturated rings. The Morgan fingerprint density at radius 1 is 1.24 bits per heavy atom. The highest BCUT2D eigenvalue weighted by atomic mass is 19.4. The molecule has 1 aliphatic rings. The summed E-state index contributed by atoms with van der Waals surface area (Å²) < 4.78 is 42.4. The molecule has 182 valence electrons. The molecule has 14 heteroatoms. The number of aliphatic imine (C=N–C) groups is 2. The first kappa shape index (κ1) is 24.5. The number of guanidine groups is 1. The maximum Gasteiger partial charge on any atom is 0.471 e. The summed E-state index contributed by atoms with van der Waals surface area (Å²) >= 11 is 0. The van der Waals surface area contributed by atoms with Gasteiger partial charge in [-0.2, -0.15) is 28.1 Å². The van der Waals surface area contributed by atoms with E-state index >= 15 is 0 Å². The number of aromatic nitrogens is 2. The minimum Gasteiger partial charge on any atom is -0.380 e. The average Bonchev–Trinajstić information content (AvgIpc) is 3.29. The Kier molecular flexibility index (Phi) is 7.38. The van der Waals surface area contributed by atoms with Crippen molar-refractivity contribution in [3.63, 3.8) is 0 Å². The minimum atomic E-state index is -4.91. The molecular weight excluding hydrogens is 455 g/mol. The van der Waals surface area contributed by atoms with Crippen LogP contribution in [-0.4, -0.2) is 60.2 Å². The molecule has 5 N–H and O–H groups in total. The third-order valence-corrected chi connectivity index (χ3v) is 5.01. The number of hydrogen-bond acceptors (Lipinski definition) is 7. The maximum absolute atomic E-state index is 12.4. The first-order valence-electron chi connectivity index (χ1n) is 10.2. The Bertz CT molecular complexity index is 1070. The number of carbonyl (C=O) groups is 1. The lowest BCUT2D eigenvalue weighted by molar-refractivity contribution is -0.174. The first-order chi connectivity index (χ1) is 16.0. The predicted molar refractivity (Wildman–Crippen MR) is 120 cm³/mol. The van der Waals surface area contributed by atoms with Crippen molar-refractivity contribution in [1.29, 1.82) is 0 Å². The number of nitrogens with one attached hydrogen (secondary N) is 1. The lowest BCUT2D eigenvalue weighted by Crippen LogP contribution is -2.48. The van der Waals surface area contributed by atoms with Gasteiger partial charge in [-0.3, -0.25) is 4.79 Å². The number of anilines is 2. The van der Waals surface area contributed by atoms with E-state index in [1.54, 1.807) is 16.8 Å². The average molecular weight is 479 g/mol. The summed E-state index contributed by atoms with van der Waals surface area (Å²) in [5.74, 6) is -1.96. The number of rotatable bonds is 6. The summed E-state index contributed by atoms with van der Waals surface area (Å²) in [5, 5.41) is 5.74. The second-order valence-electron chi connectivity index (χ2n) is 7.41. The highest BCUT2D eigenvalue weighted by Crippen LogP contribution is 2.20. The lowest BCUT2D eigenvalue weighted by Gasteiger charge is -2.31. The fraction of sp³-hybridized carbons (Fsp3) is 0.350. The second-order valence-corrected chi connectivity index (χ2v) is 7.41. The molecule has 0 bridgehead atoms. The second kappa shape index (κ2) is 10.2. The van der Waals surface area contributed by atoms with Crippen LogP contribution >= 0.6 is 0 Å². The van der Waals surface area contributed by atoms with E-state index in [9.17, 15) is 18.0 Å². The number of hydrogen-bond donors (Lipinski definition) is 3. The van der Waals surface area contributed by atoms with Crippen LogP contribution < -0.4 is 26.6 Å². The van der Waals surface area contributed by atoms with Crippen LogP contribution in [-0.2, 0) is 4.79 Å². The van der Waals surface area contributed by atoms with Crippen molar-refractivity contribution in [2.45, 2.75) is 25.1 Å². The molecule has 3 rings (SSSR count).